The Balaban J connectivity index is 1.72. The summed E-state index contributed by atoms with van der Waals surface area (Å²) in [6.07, 6.45) is -8.28. The molecule has 0 amide bonds. The smallest absolute Gasteiger partial charge is 0.187 e. The topological polar surface area (TPSA) is 127 Å². The largest absolute Gasteiger partial charge is 0.394 e. The number of hydrogen-bond acceptors (Lipinski definition) is 9. The van der Waals surface area contributed by atoms with Crippen LogP contribution in [-0.4, -0.2) is 102 Å². The van der Waals surface area contributed by atoms with E-state index in [0.29, 0.717) is 0 Å². The van der Waals surface area contributed by atoms with Crippen molar-refractivity contribution in [3.8, 4) is 0 Å². The van der Waals surface area contributed by atoms with Gasteiger partial charge < -0.3 is 44.1 Å². The Bertz CT molecular complexity index is 408. The Kier molecular flexibility index (Phi) is 5.21. The molecule has 0 aliphatic carbocycles. The lowest BCUT2D eigenvalue weighted by molar-refractivity contribution is -0.330. The van der Waals surface area contributed by atoms with E-state index in [4.69, 9.17) is 23.7 Å². The van der Waals surface area contributed by atoms with Crippen molar-refractivity contribution in [3.05, 3.63) is 0 Å². The van der Waals surface area contributed by atoms with E-state index in [1.807, 2.05) is 0 Å². The molecule has 3 fully saturated rings. The number of rotatable bonds is 4. The average Bonchev–Trinajstić information content (AvgIpc) is 2.84. The van der Waals surface area contributed by atoms with Gasteiger partial charge in [0.25, 0.3) is 0 Å². The number of ether oxygens (including phenoxy) is 5. The Hall–Kier alpha value is -0.360. The van der Waals surface area contributed by atoms with Crippen molar-refractivity contribution in [2.45, 2.75) is 68.1 Å². The molecule has 0 aromatic rings. The summed E-state index contributed by atoms with van der Waals surface area (Å²) in [7, 11) is 1.34. The van der Waals surface area contributed by atoms with E-state index in [1.165, 1.54) is 7.11 Å². The Morgan fingerprint density at radius 1 is 1.04 bits per heavy atom. The molecule has 0 radical (unpaired) electrons. The van der Waals surface area contributed by atoms with Gasteiger partial charge in [0.2, 0.25) is 0 Å². The van der Waals surface area contributed by atoms with Crippen molar-refractivity contribution in [1.29, 1.82) is 0 Å². The maximum absolute atomic E-state index is 10.3. The van der Waals surface area contributed by atoms with E-state index in [9.17, 15) is 20.4 Å². The highest BCUT2D eigenvalue weighted by atomic mass is 16.7. The number of aliphatic hydroxyl groups excluding tert-OH is 4. The predicted octanol–water partition coefficient (Wildman–Crippen LogP) is -2.63. The summed E-state index contributed by atoms with van der Waals surface area (Å²) in [4.78, 5) is 0. The molecule has 9 nitrogen and oxygen atoms in total. The van der Waals surface area contributed by atoms with Crippen LogP contribution in [0.1, 0.15) is 6.92 Å². The molecule has 2 bridgehead atoms. The predicted molar refractivity (Wildman–Crippen MR) is 73.5 cm³/mol. The SMILES string of the molecule is CO[C@H]1[C@@H](O)[C@@H](CO)O[C@@H](O[C@@H]2[C@H]3OC[C@H]2O[C@@H](C)[C@H]3O)[C@@H]1O. The molecule has 0 spiro atoms. The number of aliphatic hydroxyl groups is 4. The van der Waals surface area contributed by atoms with Crippen molar-refractivity contribution in [3.63, 3.8) is 0 Å². The van der Waals surface area contributed by atoms with E-state index >= 15 is 0 Å². The molecule has 0 saturated carbocycles. The summed E-state index contributed by atoms with van der Waals surface area (Å²) in [5, 5.41) is 39.7. The fraction of sp³-hybridized carbons (Fsp3) is 1.00. The van der Waals surface area contributed by atoms with Crippen LogP contribution in [0.2, 0.25) is 0 Å². The van der Waals surface area contributed by atoms with E-state index in [2.05, 4.69) is 0 Å². The van der Waals surface area contributed by atoms with Crippen molar-refractivity contribution >= 4 is 0 Å². The number of methoxy groups -OCH3 is 1. The lowest BCUT2D eigenvalue weighted by Gasteiger charge is -2.44. The second kappa shape index (κ2) is 6.87. The van der Waals surface area contributed by atoms with Gasteiger partial charge >= 0.3 is 0 Å². The van der Waals surface area contributed by atoms with Crippen molar-refractivity contribution in [1.82, 2.24) is 0 Å². The summed E-state index contributed by atoms with van der Waals surface area (Å²) >= 11 is 0. The van der Waals surface area contributed by atoms with Crippen LogP contribution in [-0.2, 0) is 23.7 Å². The first kappa shape index (κ1) is 17.5. The van der Waals surface area contributed by atoms with E-state index in [1.54, 1.807) is 6.92 Å². The van der Waals surface area contributed by atoms with Gasteiger partial charge in [-0.3, -0.25) is 0 Å². The lowest BCUT2D eigenvalue weighted by Crippen LogP contribution is -2.62. The Labute approximate surface area is 133 Å². The van der Waals surface area contributed by atoms with Gasteiger partial charge in [-0.15, -0.1) is 0 Å². The zero-order chi connectivity index (χ0) is 16.7. The van der Waals surface area contributed by atoms with Crippen molar-refractivity contribution in [2.75, 3.05) is 20.3 Å². The van der Waals surface area contributed by atoms with Crippen LogP contribution in [0.5, 0.6) is 0 Å². The first-order valence-electron chi connectivity index (χ1n) is 7.73. The fourth-order valence-corrected chi connectivity index (χ4v) is 3.40. The monoisotopic (exact) mass is 336 g/mol. The molecule has 10 atom stereocenters. The molecular formula is C14H24O9. The van der Waals surface area contributed by atoms with Gasteiger partial charge in [0.05, 0.1) is 19.3 Å². The van der Waals surface area contributed by atoms with Gasteiger partial charge in [-0.05, 0) is 6.92 Å². The molecular weight excluding hydrogens is 312 g/mol. The fourth-order valence-electron chi connectivity index (χ4n) is 3.40. The van der Waals surface area contributed by atoms with Crippen LogP contribution < -0.4 is 0 Å². The first-order chi connectivity index (χ1) is 11.0. The van der Waals surface area contributed by atoms with Crippen LogP contribution in [0.3, 0.4) is 0 Å². The molecule has 0 aromatic carbocycles. The molecule has 3 saturated heterocycles. The van der Waals surface area contributed by atoms with Gasteiger partial charge in [-0.2, -0.15) is 0 Å². The van der Waals surface area contributed by atoms with E-state index in [-0.39, 0.29) is 18.8 Å². The summed E-state index contributed by atoms with van der Waals surface area (Å²) in [5.41, 5.74) is 0. The third-order valence-electron chi connectivity index (χ3n) is 4.74. The van der Waals surface area contributed by atoms with Gasteiger partial charge in [0, 0.05) is 7.11 Å². The maximum atomic E-state index is 10.3. The Morgan fingerprint density at radius 2 is 1.78 bits per heavy atom. The quantitative estimate of drug-likeness (QED) is 0.436. The minimum Gasteiger partial charge on any atom is -0.394 e. The molecule has 4 N–H and O–H groups in total. The highest BCUT2D eigenvalue weighted by molar-refractivity contribution is 4.99. The second-order valence-electron chi connectivity index (χ2n) is 6.18. The third kappa shape index (κ3) is 3.01. The van der Waals surface area contributed by atoms with Gasteiger partial charge in [-0.25, -0.2) is 0 Å². The van der Waals surface area contributed by atoms with Gasteiger partial charge in [-0.1, -0.05) is 0 Å². The van der Waals surface area contributed by atoms with Crippen LogP contribution in [0.15, 0.2) is 0 Å². The van der Waals surface area contributed by atoms with Crippen LogP contribution in [0.4, 0.5) is 0 Å². The summed E-state index contributed by atoms with van der Waals surface area (Å²) < 4.78 is 27.5. The molecule has 3 aliphatic heterocycles. The average molecular weight is 336 g/mol. The minimum absolute atomic E-state index is 0.277. The molecule has 134 valence electrons. The molecule has 0 aromatic heterocycles. The highest BCUT2D eigenvalue weighted by Gasteiger charge is 2.53. The molecule has 3 aliphatic rings. The van der Waals surface area contributed by atoms with Gasteiger partial charge in [0.15, 0.2) is 6.29 Å². The summed E-state index contributed by atoms with van der Waals surface area (Å²) in [6, 6.07) is 0. The first-order valence-corrected chi connectivity index (χ1v) is 7.73. The van der Waals surface area contributed by atoms with Crippen LogP contribution >= 0.6 is 0 Å². The van der Waals surface area contributed by atoms with E-state index in [0.717, 1.165) is 0 Å². The van der Waals surface area contributed by atoms with Crippen molar-refractivity contribution < 1.29 is 44.1 Å². The Morgan fingerprint density at radius 3 is 2.43 bits per heavy atom. The maximum Gasteiger partial charge on any atom is 0.187 e. The second-order valence-corrected chi connectivity index (χ2v) is 6.18. The van der Waals surface area contributed by atoms with Gasteiger partial charge in [0.1, 0.15) is 48.8 Å². The normalized spacial score (nSPS) is 53.5. The lowest BCUT2D eigenvalue weighted by atomic mass is 9.97. The zero-order valence-corrected chi connectivity index (χ0v) is 13.0. The molecule has 9 heteroatoms. The number of hydrogen-bond donors (Lipinski definition) is 4. The molecule has 0 unspecified atom stereocenters. The van der Waals surface area contributed by atoms with E-state index < -0.39 is 55.6 Å². The van der Waals surface area contributed by atoms with Crippen molar-refractivity contribution in [2.24, 2.45) is 0 Å². The highest BCUT2D eigenvalue weighted by Crippen LogP contribution is 2.34. The zero-order valence-electron chi connectivity index (χ0n) is 13.0. The van der Waals surface area contributed by atoms with Crippen LogP contribution in [0.25, 0.3) is 0 Å². The summed E-state index contributed by atoms with van der Waals surface area (Å²) in [6.45, 7) is 1.58. The number of fused-ring (bicyclic) bond motifs is 2. The molecule has 3 heterocycles. The third-order valence-corrected chi connectivity index (χ3v) is 4.74. The van der Waals surface area contributed by atoms with Crippen LogP contribution in [0, 0.1) is 0 Å². The summed E-state index contributed by atoms with van der Waals surface area (Å²) in [5.74, 6) is 0. The molecule has 23 heavy (non-hydrogen) atoms. The minimum atomic E-state index is -1.26. The standard InChI is InChI=1S/C14H24O9/c1-5-8(16)13-11(7(21-5)4-20-13)23-14-10(18)12(19-2)9(17)6(3-15)22-14/h5-18H,3-4H2,1-2H3/t5-,6+,7+,8+,9-,10+,11-,12-,13-,14-/m0/s1. The molecule has 3 rings (SSSR count).